The van der Waals surface area contributed by atoms with Gasteiger partial charge in [-0.25, -0.2) is 0 Å². The molecule has 0 radical (unpaired) electrons. The fraction of sp³-hybridized carbons (Fsp3) is 0.606. The van der Waals surface area contributed by atoms with Gasteiger partial charge < -0.3 is 52.1 Å². The molecule has 0 amide bonds. The molecule has 0 bridgehead atoms. The van der Waals surface area contributed by atoms with Crippen LogP contribution in [0.2, 0.25) is 0 Å². The molecule has 0 saturated heterocycles. The Balaban J connectivity index is 1.16. The summed E-state index contributed by atoms with van der Waals surface area (Å²) in [6, 6.07) is 16.6. The van der Waals surface area contributed by atoms with Crippen LogP contribution in [0.3, 0.4) is 0 Å². The molecule has 0 N–H and O–H groups in total. The SMILES string of the molecule is O=Cc1ccc(OCCOCCOCCOCCOCCOCCOCCOCCOCCOCCOc2ccccc2)cc1. The maximum Gasteiger partial charge on any atom is 0.150 e. The first-order valence-electron chi connectivity index (χ1n) is 15.4. The quantitative estimate of drug-likeness (QED) is 0.0845. The molecule has 12 nitrogen and oxygen atoms in total. The Morgan fingerprint density at radius 3 is 0.889 bits per heavy atom. The van der Waals surface area contributed by atoms with Crippen LogP contribution in [-0.4, -0.2) is 138 Å². The Labute approximate surface area is 267 Å². The van der Waals surface area contributed by atoms with Gasteiger partial charge >= 0.3 is 0 Å². The van der Waals surface area contributed by atoms with Gasteiger partial charge in [0.25, 0.3) is 0 Å². The molecule has 45 heavy (non-hydrogen) atoms. The smallest absolute Gasteiger partial charge is 0.150 e. The molecule has 0 saturated carbocycles. The summed E-state index contributed by atoms with van der Waals surface area (Å²) < 4.78 is 60.3. The summed E-state index contributed by atoms with van der Waals surface area (Å²) in [4.78, 5) is 10.6. The number of benzene rings is 2. The molecule has 0 unspecified atom stereocenters. The van der Waals surface area contributed by atoms with E-state index in [0.717, 1.165) is 12.0 Å². The number of hydrogen-bond acceptors (Lipinski definition) is 12. The summed E-state index contributed by atoms with van der Waals surface area (Å²) in [6.45, 7) is 9.98. The second-order valence-corrected chi connectivity index (χ2v) is 9.21. The highest BCUT2D eigenvalue weighted by Gasteiger charge is 1.98. The normalized spacial score (nSPS) is 11.1. The van der Waals surface area contributed by atoms with Crippen LogP contribution in [0, 0.1) is 0 Å². The number of para-hydroxylation sites is 1. The second kappa shape index (κ2) is 30.0. The average Bonchev–Trinajstić information content (AvgIpc) is 3.08. The summed E-state index contributed by atoms with van der Waals surface area (Å²) in [5, 5.41) is 0. The first kappa shape index (κ1) is 38.5. The van der Waals surface area contributed by atoms with E-state index < -0.39 is 0 Å². The zero-order valence-corrected chi connectivity index (χ0v) is 26.3. The molecule has 0 spiro atoms. The van der Waals surface area contributed by atoms with Gasteiger partial charge in [-0.2, -0.15) is 0 Å². The monoisotopic (exact) mass is 638 g/mol. The van der Waals surface area contributed by atoms with Crippen LogP contribution >= 0.6 is 0 Å². The van der Waals surface area contributed by atoms with Gasteiger partial charge in [-0.1, -0.05) is 18.2 Å². The molecule has 0 atom stereocenters. The van der Waals surface area contributed by atoms with Crippen molar-refractivity contribution in [1.82, 2.24) is 0 Å². The molecule has 254 valence electrons. The van der Waals surface area contributed by atoms with Crippen LogP contribution in [0.4, 0.5) is 0 Å². The van der Waals surface area contributed by atoms with E-state index in [0.29, 0.717) is 143 Å². The van der Waals surface area contributed by atoms with Crippen LogP contribution in [0.5, 0.6) is 11.5 Å². The Hall–Kier alpha value is -2.65. The third-order valence-electron chi connectivity index (χ3n) is 5.73. The van der Waals surface area contributed by atoms with E-state index in [1.54, 1.807) is 24.3 Å². The van der Waals surface area contributed by atoms with E-state index in [9.17, 15) is 4.79 Å². The van der Waals surface area contributed by atoms with Crippen molar-refractivity contribution in [2.75, 3.05) is 132 Å². The molecule has 2 aromatic carbocycles. The molecule has 0 fully saturated rings. The Kier molecular flexibility index (Phi) is 25.7. The van der Waals surface area contributed by atoms with Gasteiger partial charge in [-0.15, -0.1) is 0 Å². The van der Waals surface area contributed by atoms with Crippen molar-refractivity contribution in [3.05, 3.63) is 60.2 Å². The van der Waals surface area contributed by atoms with Crippen molar-refractivity contribution in [3.63, 3.8) is 0 Å². The number of carbonyl (C=O) groups excluding carboxylic acids is 1. The third kappa shape index (κ3) is 24.3. The molecule has 2 aromatic rings. The fourth-order valence-corrected chi connectivity index (χ4v) is 3.46. The molecule has 12 heteroatoms. The molecule has 2 rings (SSSR count). The highest BCUT2D eigenvalue weighted by Crippen LogP contribution is 2.10. The Bertz CT molecular complexity index is 900. The predicted octanol–water partition coefficient (Wildman–Crippen LogP) is 3.11. The Morgan fingerprint density at radius 2 is 0.600 bits per heavy atom. The lowest BCUT2D eigenvalue weighted by molar-refractivity contribution is -0.0257. The van der Waals surface area contributed by atoms with E-state index >= 15 is 0 Å². The molecular formula is C33H50O12. The maximum atomic E-state index is 10.6. The summed E-state index contributed by atoms with van der Waals surface area (Å²) >= 11 is 0. The molecule has 0 aliphatic carbocycles. The minimum absolute atomic E-state index is 0.431. The van der Waals surface area contributed by atoms with Crippen LogP contribution in [0.1, 0.15) is 10.4 Å². The molecular weight excluding hydrogens is 588 g/mol. The standard InChI is InChI=1S/C33H50O12/c34-30-31-6-8-33(9-7-31)45-29-27-43-25-23-41-21-19-39-17-15-37-13-11-35-10-12-36-14-16-38-18-20-40-22-24-42-26-28-44-32-4-2-1-3-5-32/h1-9,30H,10-29H2. The van der Waals surface area contributed by atoms with Crippen LogP contribution in [-0.2, 0) is 42.6 Å². The number of ether oxygens (including phenoxy) is 11. The zero-order chi connectivity index (χ0) is 31.7. The van der Waals surface area contributed by atoms with Crippen molar-refractivity contribution >= 4 is 6.29 Å². The molecule has 0 aromatic heterocycles. The van der Waals surface area contributed by atoms with Crippen molar-refractivity contribution in [2.45, 2.75) is 0 Å². The lowest BCUT2D eigenvalue weighted by atomic mass is 10.2. The molecule has 0 heterocycles. The van der Waals surface area contributed by atoms with Crippen molar-refractivity contribution in [2.24, 2.45) is 0 Å². The van der Waals surface area contributed by atoms with Gasteiger partial charge in [0.15, 0.2) is 0 Å². The number of hydrogen-bond donors (Lipinski definition) is 0. The van der Waals surface area contributed by atoms with Crippen molar-refractivity contribution < 1.29 is 56.9 Å². The van der Waals surface area contributed by atoms with Gasteiger partial charge in [-0.3, -0.25) is 4.79 Å². The third-order valence-corrected chi connectivity index (χ3v) is 5.73. The lowest BCUT2D eigenvalue weighted by Gasteiger charge is -2.09. The lowest BCUT2D eigenvalue weighted by Crippen LogP contribution is -2.15. The van der Waals surface area contributed by atoms with E-state index in [1.807, 2.05) is 30.3 Å². The van der Waals surface area contributed by atoms with Gasteiger partial charge in [-0.05, 0) is 36.4 Å². The van der Waals surface area contributed by atoms with Crippen LogP contribution < -0.4 is 9.47 Å². The predicted molar refractivity (Wildman–Crippen MR) is 167 cm³/mol. The largest absolute Gasteiger partial charge is 0.491 e. The number of rotatable bonds is 33. The highest BCUT2D eigenvalue weighted by atomic mass is 16.6. The van der Waals surface area contributed by atoms with E-state index in [-0.39, 0.29) is 0 Å². The van der Waals surface area contributed by atoms with Crippen LogP contribution in [0.15, 0.2) is 54.6 Å². The summed E-state index contributed by atoms with van der Waals surface area (Å²) in [5.74, 6) is 1.55. The average molecular weight is 639 g/mol. The minimum atomic E-state index is 0.431. The van der Waals surface area contributed by atoms with Gasteiger partial charge in [0, 0.05) is 5.56 Å². The van der Waals surface area contributed by atoms with Gasteiger partial charge in [0.05, 0.1) is 119 Å². The Morgan fingerprint density at radius 1 is 0.333 bits per heavy atom. The first-order chi connectivity index (χ1) is 22.4. The first-order valence-corrected chi connectivity index (χ1v) is 15.4. The minimum Gasteiger partial charge on any atom is -0.491 e. The second-order valence-electron chi connectivity index (χ2n) is 9.21. The summed E-state index contributed by atoms with van der Waals surface area (Å²) in [6.07, 6.45) is 0.798. The van der Waals surface area contributed by atoms with E-state index in [2.05, 4.69) is 0 Å². The maximum absolute atomic E-state index is 10.6. The fourth-order valence-electron chi connectivity index (χ4n) is 3.46. The molecule has 0 aliphatic rings. The van der Waals surface area contributed by atoms with Crippen LogP contribution in [0.25, 0.3) is 0 Å². The van der Waals surface area contributed by atoms with Crippen molar-refractivity contribution in [1.29, 1.82) is 0 Å². The summed E-state index contributed by atoms with van der Waals surface area (Å²) in [7, 11) is 0. The van der Waals surface area contributed by atoms with Crippen molar-refractivity contribution in [3.8, 4) is 11.5 Å². The van der Waals surface area contributed by atoms with Gasteiger partial charge in [0.1, 0.15) is 31.0 Å². The number of aldehydes is 1. The van der Waals surface area contributed by atoms with E-state index in [4.69, 9.17) is 52.1 Å². The topological polar surface area (TPSA) is 119 Å². The van der Waals surface area contributed by atoms with Gasteiger partial charge in [0.2, 0.25) is 0 Å². The summed E-state index contributed by atoms with van der Waals surface area (Å²) in [5.41, 5.74) is 0.618. The highest BCUT2D eigenvalue weighted by molar-refractivity contribution is 5.74. The van der Waals surface area contributed by atoms with E-state index in [1.165, 1.54) is 0 Å². The number of carbonyl (C=O) groups is 1. The zero-order valence-electron chi connectivity index (χ0n) is 26.3. The molecule has 0 aliphatic heterocycles.